The van der Waals surface area contributed by atoms with E-state index in [0.717, 1.165) is 36.8 Å². The lowest BCUT2D eigenvalue weighted by Gasteiger charge is -2.30. The SMILES string of the molecule is Cc1cccc(CC(=O)[C@@H]2CCNN2C(=O)[C@H](CC2CCCC2)CN(O)C=O)c1. The van der Waals surface area contributed by atoms with E-state index in [1.807, 2.05) is 31.2 Å². The van der Waals surface area contributed by atoms with Gasteiger partial charge in [-0.15, -0.1) is 0 Å². The molecule has 0 unspecified atom stereocenters. The second kappa shape index (κ2) is 9.98. The van der Waals surface area contributed by atoms with E-state index in [1.54, 1.807) is 0 Å². The summed E-state index contributed by atoms with van der Waals surface area (Å²) >= 11 is 0. The minimum absolute atomic E-state index is 0.00445. The molecule has 1 aromatic rings. The van der Waals surface area contributed by atoms with E-state index in [9.17, 15) is 19.6 Å². The van der Waals surface area contributed by atoms with Crippen LogP contribution in [0.15, 0.2) is 24.3 Å². The third-order valence-corrected chi connectivity index (χ3v) is 6.05. The molecule has 1 aromatic carbocycles. The number of ketones is 1. The van der Waals surface area contributed by atoms with Crippen molar-refractivity contribution in [3.8, 4) is 0 Å². The van der Waals surface area contributed by atoms with Crippen LogP contribution in [0.5, 0.6) is 0 Å². The summed E-state index contributed by atoms with van der Waals surface area (Å²) in [6, 6.07) is 7.32. The number of carbonyl (C=O) groups excluding carboxylic acids is 3. The molecule has 2 atom stereocenters. The van der Waals surface area contributed by atoms with Gasteiger partial charge in [0.2, 0.25) is 12.3 Å². The molecule has 29 heavy (non-hydrogen) atoms. The minimum atomic E-state index is -0.520. The molecule has 1 heterocycles. The van der Waals surface area contributed by atoms with E-state index >= 15 is 0 Å². The molecule has 0 spiro atoms. The van der Waals surface area contributed by atoms with Gasteiger partial charge in [0.15, 0.2) is 5.78 Å². The first-order valence-electron chi connectivity index (χ1n) is 10.5. The summed E-state index contributed by atoms with van der Waals surface area (Å²) in [7, 11) is 0. The van der Waals surface area contributed by atoms with Gasteiger partial charge in [-0.2, -0.15) is 0 Å². The van der Waals surface area contributed by atoms with E-state index < -0.39 is 12.0 Å². The molecule has 158 valence electrons. The van der Waals surface area contributed by atoms with E-state index in [1.165, 1.54) is 5.01 Å². The standard InChI is InChI=1S/C22H31N3O4/c1-16-5-4-8-18(11-16)13-21(27)20-9-10-23-25(20)22(28)19(14-24(29)15-26)12-17-6-2-3-7-17/h4-5,8,11,15,17,19-20,23,29H,2-3,6-7,9-10,12-14H2,1H3/t19-,20+/m1/s1. The van der Waals surface area contributed by atoms with Gasteiger partial charge in [-0.1, -0.05) is 55.5 Å². The Labute approximate surface area is 172 Å². The van der Waals surface area contributed by atoms with Gasteiger partial charge in [0, 0.05) is 13.0 Å². The highest BCUT2D eigenvalue weighted by atomic mass is 16.5. The van der Waals surface area contributed by atoms with Crippen LogP contribution in [-0.2, 0) is 20.8 Å². The lowest BCUT2D eigenvalue weighted by molar-refractivity contribution is -0.159. The number of nitrogens with one attached hydrogen (secondary N) is 1. The maximum Gasteiger partial charge on any atom is 0.242 e. The highest BCUT2D eigenvalue weighted by Crippen LogP contribution is 2.31. The number of Topliss-reactive ketones (excluding diaryl/α,β-unsaturated/α-hetero) is 1. The summed E-state index contributed by atoms with van der Waals surface area (Å²) in [5, 5.41) is 11.7. The van der Waals surface area contributed by atoms with Crippen molar-refractivity contribution in [3.05, 3.63) is 35.4 Å². The maximum atomic E-state index is 13.3. The van der Waals surface area contributed by atoms with Gasteiger partial charge in [-0.05, 0) is 31.2 Å². The van der Waals surface area contributed by atoms with Crippen molar-refractivity contribution in [3.63, 3.8) is 0 Å². The normalized spacial score (nSPS) is 20.6. The maximum absolute atomic E-state index is 13.3. The molecule has 2 amide bonds. The monoisotopic (exact) mass is 401 g/mol. The molecule has 0 bridgehead atoms. The van der Waals surface area contributed by atoms with E-state index in [2.05, 4.69) is 5.43 Å². The van der Waals surface area contributed by atoms with Crippen molar-refractivity contribution >= 4 is 18.1 Å². The number of hydrogen-bond donors (Lipinski definition) is 2. The van der Waals surface area contributed by atoms with Crippen LogP contribution in [0.3, 0.4) is 0 Å². The third kappa shape index (κ3) is 5.64. The number of nitrogens with zero attached hydrogens (tertiary/aromatic N) is 2. The average molecular weight is 402 g/mol. The summed E-state index contributed by atoms with van der Waals surface area (Å²) in [5.74, 6) is -0.302. The molecule has 3 rings (SSSR count). The van der Waals surface area contributed by atoms with Crippen LogP contribution in [0, 0.1) is 18.8 Å². The van der Waals surface area contributed by atoms with Crippen LogP contribution in [0.2, 0.25) is 0 Å². The molecular weight excluding hydrogens is 370 g/mol. The molecular formula is C22H31N3O4. The van der Waals surface area contributed by atoms with Crippen LogP contribution < -0.4 is 5.43 Å². The topological polar surface area (TPSA) is 90.0 Å². The Morgan fingerprint density at radius 3 is 2.76 bits per heavy atom. The summed E-state index contributed by atoms with van der Waals surface area (Å²) in [6.07, 6.45) is 6.25. The second-order valence-electron chi connectivity index (χ2n) is 8.36. The van der Waals surface area contributed by atoms with Crippen LogP contribution in [0.4, 0.5) is 0 Å². The molecule has 1 saturated heterocycles. The average Bonchev–Trinajstić information content (AvgIpc) is 3.38. The Kier molecular flexibility index (Phi) is 7.39. The molecule has 7 nitrogen and oxygen atoms in total. The van der Waals surface area contributed by atoms with E-state index in [0.29, 0.717) is 36.8 Å². The van der Waals surface area contributed by atoms with Gasteiger partial charge in [0.25, 0.3) is 0 Å². The molecule has 2 aliphatic rings. The summed E-state index contributed by atoms with van der Waals surface area (Å²) in [5.41, 5.74) is 5.10. The number of hydrazine groups is 1. The van der Waals surface area contributed by atoms with Crippen molar-refractivity contribution in [2.24, 2.45) is 11.8 Å². The molecule has 0 radical (unpaired) electrons. The van der Waals surface area contributed by atoms with Crippen LogP contribution in [0.25, 0.3) is 0 Å². The number of hydrogen-bond acceptors (Lipinski definition) is 5. The minimum Gasteiger partial charge on any atom is -0.297 e. The van der Waals surface area contributed by atoms with Gasteiger partial charge in [-0.25, -0.2) is 10.5 Å². The first kappa shape index (κ1) is 21.5. The van der Waals surface area contributed by atoms with Crippen molar-refractivity contribution in [2.45, 2.75) is 57.9 Å². The fourth-order valence-corrected chi connectivity index (χ4v) is 4.61. The Morgan fingerprint density at radius 1 is 1.31 bits per heavy atom. The number of rotatable bonds is 9. The Balaban J connectivity index is 1.69. The molecule has 2 fully saturated rings. The number of aryl methyl sites for hydroxylation is 1. The van der Waals surface area contributed by atoms with Gasteiger partial charge >= 0.3 is 0 Å². The zero-order valence-corrected chi connectivity index (χ0v) is 17.0. The summed E-state index contributed by atoms with van der Waals surface area (Å²) in [6.45, 7) is 2.50. The summed E-state index contributed by atoms with van der Waals surface area (Å²) in [4.78, 5) is 37.1. The van der Waals surface area contributed by atoms with Crippen molar-refractivity contribution in [1.82, 2.24) is 15.5 Å². The Bertz CT molecular complexity index is 733. The smallest absolute Gasteiger partial charge is 0.242 e. The fourth-order valence-electron chi connectivity index (χ4n) is 4.61. The number of amides is 2. The molecule has 7 heteroatoms. The lowest BCUT2D eigenvalue weighted by Crippen LogP contribution is -2.50. The molecule has 1 aliphatic heterocycles. The Hall–Kier alpha value is -2.25. The molecule has 0 aromatic heterocycles. The van der Waals surface area contributed by atoms with Gasteiger partial charge < -0.3 is 0 Å². The summed E-state index contributed by atoms with van der Waals surface area (Å²) < 4.78 is 0. The number of hydroxylamine groups is 2. The van der Waals surface area contributed by atoms with E-state index in [4.69, 9.17) is 0 Å². The zero-order chi connectivity index (χ0) is 20.8. The zero-order valence-electron chi connectivity index (χ0n) is 17.0. The van der Waals surface area contributed by atoms with Gasteiger partial charge in [-0.3, -0.25) is 24.6 Å². The first-order valence-corrected chi connectivity index (χ1v) is 10.5. The lowest BCUT2D eigenvalue weighted by atomic mass is 9.91. The molecule has 1 aliphatic carbocycles. The highest BCUT2D eigenvalue weighted by Gasteiger charge is 2.38. The largest absolute Gasteiger partial charge is 0.297 e. The van der Waals surface area contributed by atoms with Crippen molar-refractivity contribution in [1.29, 1.82) is 0 Å². The van der Waals surface area contributed by atoms with Crippen molar-refractivity contribution < 1.29 is 19.6 Å². The number of benzene rings is 1. The van der Waals surface area contributed by atoms with Crippen LogP contribution in [-0.4, -0.2) is 52.5 Å². The fraction of sp³-hybridized carbons (Fsp3) is 0.591. The quantitative estimate of drug-likeness (QED) is 0.376. The number of carbonyl (C=O) groups is 3. The highest BCUT2D eigenvalue weighted by molar-refractivity contribution is 5.91. The van der Waals surface area contributed by atoms with E-state index in [-0.39, 0.29) is 24.7 Å². The predicted octanol–water partition coefficient (Wildman–Crippen LogP) is 2.26. The molecule has 1 saturated carbocycles. The van der Waals surface area contributed by atoms with Crippen LogP contribution >= 0.6 is 0 Å². The molecule has 2 N–H and O–H groups in total. The first-order chi connectivity index (χ1) is 14.0. The third-order valence-electron chi connectivity index (χ3n) is 6.05. The van der Waals surface area contributed by atoms with Crippen molar-refractivity contribution in [2.75, 3.05) is 13.1 Å². The predicted molar refractivity (Wildman–Crippen MR) is 108 cm³/mol. The van der Waals surface area contributed by atoms with Gasteiger partial charge in [0.05, 0.1) is 12.5 Å². The van der Waals surface area contributed by atoms with Crippen LogP contribution in [0.1, 0.15) is 49.7 Å². The Morgan fingerprint density at radius 2 is 2.07 bits per heavy atom. The second-order valence-corrected chi connectivity index (χ2v) is 8.36. The van der Waals surface area contributed by atoms with Gasteiger partial charge in [0.1, 0.15) is 6.04 Å².